The molecule has 0 saturated heterocycles. The van der Waals surface area contributed by atoms with E-state index in [1.807, 2.05) is 17.5 Å². The van der Waals surface area contributed by atoms with Crippen molar-refractivity contribution in [2.45, 2.75) is 12.5 Å². The van der Waals surface area contributed by atoms with E-state index in [0.717, 1.165) is 10.1 Å². The Kier molecular flexibility index (Phi) is 4.39. The number of urea groups is 1. The minimum atomic E-state index is -1.48. The van der Waals surface area contributed by atoms with Crippen molar-refractivity contribution in [2.24, 2.45) is 0 Å². The number of hydrogen-bond acceptors (Lipinski definition) is 4. The maximum absolute atomic E-state index is 11.7. The summed E-state index contributed by atoms with van der Waals surface area (Å²) in [5, 5.41) is 24.9. The molecule has 0 aliphatic carbocycles. The van der Waals surface area contributed by atoms with Gasteiger partial charge in [-0.2, -0.15) is 0 Å². The quantitative estimate of drug-likeness (QED) is 0.674. The number of carbonyl (C=O) groups excluding carboxylic acids is 1. The van der Waals surface area contributed by atoms with Gasteiger partial charge < -0.3 is 20.8 Å². The van der Waals surface area contributed by atoms with Crippen LogP contribution in [0.4, 0.5) is 10.5 Å². The van der Waals surface area contributed by atoms with Gasteiger partial charge in [0.25, 0.3) is 0 Å². The number of thiophene rings is 1. The minimum absolute atomic E-state index is 0.498. The molecule has 2 amide bonds. The Hall–Kier alpha value is -2.61. The zero-order chi connectivity index (χ0) is 15.4. The summed E-state index contributed by atoms with van der Waals surface area (Å²) >= 11 is 1.56. The fourth-order valence-corrected chi connectivity index (χ4v) is 2.52. The van der Waals surface area contributed by atoms with Gasteiger partial charge in [-0.1, -0.05) is 0 Å². The molecule has 1 heterocycles. The van der Waals surface area contributed by atoms with Crippen molar-refractivity contribution in [3.63, 3.8) is 0 Å². The molecule has 0 aliphatic heterocycles. The van der Waals surface area contributed by atoms with Crippen LogP contribution in [0.1, 0.15) is 6.42 Å². The largest absolute Gasteiger partial charge is 0.481 e. The van der Waals surface area contributed by atoms with Crippen LogP contribution in [0.15, 0.2) is 29.6 Å². The molecule has 1 aromatic heterocycles. The molecular weight excluding hydrogens is 296 g/mol. The predicted molar refractivity (Wildman–Crippen MR) is 77.7 cm³/mol. The fourth-order valence-electron chi connectivity index (χ4n) is 1.74. The molecular formula is C13H12N2O5S. The lowest BCUT2D eigenvalue weighted by Crippen LogP contribution is -2.44. The van der Waals surface area contributed by atoms with Gasteiger partial charge in [0.05, 0.1) is 6.42 Å². The van der Waals surface area contributed by atoms with E-state index >= 15 is 0 Å². The molecule has 4 N–H and O–H groups in total. The van der Waals surface area contributed by atoms with Crippen LogP contribution in [-0.2, 0) is 9.59 Å². The summed E-state index contributed by atoms with van der Waals surface area (Å²) in [6.45, 7) is 0. The highest BCUT2D eigenvalue weighted by atomic mass is 32.1. The van der Waals surface area contributed by atoms with Gasteiger partial charge in [0.1, 0.15) is 6.04 Å². The molecule has 1 atom stereocenters. The first-order valence-electron chi connectivity index (χ1n) is 5.95. The molecule has 0 bridgehead atoms. The van der Waals surface area contributed by atoms with Crippen LogP contribution in [0.25, 0.3) is 10.1 Å². The molecule has 0 radical (unpaired) electrons. The number of fused-ring (bicyclic) bond motifs is 1. The Balaban J connectivity index is 2.02. The van der Waals surface area contributed by atoms with E-state index in [1.165, 1.54) is 0 Å². The Morgan fingerprint density at radius 1 is 1.19 bits per heavy atom. The number of carboxylic acids is 2. The lowest BCUT2D eigenvalue weighted by molar-refractivity contribution is -0.145. The number of amides is 2. The van der Waals surface area contributed by atoms with E-state index in [0.29, 0.717) is 5.69 Å². The van der Waals surface area contributed by atoms with Crippen molar-refractivity contribution in [3.05, 3.63) is 29.6 Å². The summed E-state index contributed by atoms with van der Waals surface area (Å²) in [6, 6.07) is 4.92. The molecule has 110 valence electrons. The molecule has 1 aromatic carbocycles. The predicted octanol–water partition coefficient (Wildman–Crippen LogP) is 1.95. The fraction of sp³-hybridized carbons (Fsp3) is 0.154. The van der Waals surface area contributed by atoms with Gasteiger partial charge >= 0.3 is 18.0 Å². The highest BCUT2D eigenvalue weighted by Crippen LogP contribution is 2.23. The van der Waals surface area contributed by atoms with E-state index in [9.17, 15) is 14.4 Å². The molecule has 21 heavy (non-hydrogen) atoms. The number of rotatable bonds is 5. The summed E-state index contributed by atoms with van der Waals surface area (Å²) in [5.74, 6) is -2.71. The van der Waals surface area contributed by atoms with Crippen molar-refractivity contribution in [3.8, 4) is 0 Å². The van der Waals surface area contributed by atoms with Crippen LogP contribution in [0.2, 0.25) is 0 Å². The average Bonchev–Trinajstić information content (AvgIpc) is 2.84. The van der Waals surface area contributed by atoms with E-state index in [1.54, 1.807) is 23.5 Å². The molecule has 0 fully saturated rings. The summed E-state index contributed by atoms with van der Waals surface area (Å²) in [6.07, 6.45) is -0.688. The lowest BCUT2D eigenvalue weighted by Gasteiger charge is -2.13. The normalized spacial score (nSPS) is 11.8. The Bertz CT molecular complexity index is 697. The number of aliphatic carboxylic acids is 2. The molecule has 2 aromatic rings. The van der Waals surface area contributed by atoms with Gasteiger partial charge in [-0.05, 0) is 35.0 Å². The van der Waals surface area contributed by atoms with Crippen molar-refractivity contribution in [1.29, 1.82) is 0 Å². The van der Waals surface area contributed by atoms with Gasteiger partial charge in [0, 0.05) is 10.4 Å². The van der Waals surface area contributed by atoms with Gasteiger partial charge in [-0.15, -0.1) is 11.3 Å². The number of hydrogen-bond donors (Lipinski definition) is 4. The summed E-state index contributed by atoms with van der Waals surface area (Å²) in [7, 11) is 0. The first kappa shape index (κ1) is 14.8. The van der Waals surface area contributed by atoms with Gasteiger partial charge in [0.15, 0.2) is 0 Å². The molecule has 7 nitrogen and oxygen atoms in total. The second-order valence-electron chi connectivity index (χ2n) is 4.26. The van der Waals surface area contributed by atoms with E-state index in [4.69, 9.17) is 10.2 Å². The SMILES string of the molecule is O=C(O)CC(NC(=O)Nc1ccc2sccc2c1)C(=O)O. The Morgan fingerprint density at radius 2 is 1.95 bits per heavy atom. The zero-order valence-corrected chi connectivity index (χ0v) is 11.5. The molecule has 8 heteroatoms. The van der Waals surface area contributed by atoms with Crippen LogP contribution in [0, 0.1) is 0 Å². The second-order valence-corrected chi connectivity index (χ2v) is 5.21. The number of nitrogens with one attached hydrogen (secondary N) is 2. The van der Waals surface area contributed by atoms with Gasteiger partial charge in [0.2, 0.25) is 0 Å². The molecule has 1 unspecified atom stereocenters. The first-order valence-corrected chi connectivity index (χ1v) is 6.83. The monoisotopic (exact) mass is 308 g/mol. The van der Waals surface area contributed by atoms with E-state index in [2.05, 4.69) is 10.6 Å². The standard InChI is InChI=1S/C13H12N2O5S/c16-11(17)6-9(12(18)19)15-13(20)14-8-1-2-10-7(5-8)3-4-21-10/h1-5,9H,6H2,(H,16,17)(H,18,19)(H2,14,15,20). The van der Waals surface area contributed by atoms with Crippen molar-refractivity contribution >= 4 is 45.1 Å². The highest BCUT2D eigenvalue weighted by Gasteiger charge is 2.22. The van der Waals surface area contributed by atoms with Crippen LogP contribution < -0.4 is 10.6 Å². The third kappa shape index (κ3) is 3.93. The van der Waals surface area contributed by atoms with E-state index in [-0.39, 0.29) is 0 Å². The zero-order valence-electron chi connectivity index (χ0n) is 10.7. The highest BCUT2D eigenvalue weighted by molar-refractivity contribution is 7.17. The third-order valence-corrected chi connectivity index (χ3v) is 3.59. The van der Waals surface area contributed by atoms with Gasteiger partial charge in [-0.3, -0.25) is 4.79 Å². The Labute approximate surface area is 123 Å². The van der Waals surface area contributed by atoms with Crippen LogP contribution in [-0.4, -0.2) is 34.2 Å². The second kappa shape index (κ2) is 6.23. The summed E-state index contributed by atoms with van der Waals surface area (Å²) in [5.41, 5.74) is 0.498. The van der Waals surface area contributed by atoms with Crippen molar-refractivity contribution in [1.82, 2.24) is 5.32 Å². The van der Waals surface area contributed by atoms with Crippen LogP contribution in [0.5, 0.6) is 0 Å². The maximum atomic E-state index is 11.7. The van der Waals surface area contributed by atoms with E-state index < -0.39 is 30.4 Å². The van der Waals surface area contributed by atoms with Crippen molar-refractivity contribution in [2.75, 3.05) is 5.32 Å². The number of carboxylic acid groups (broad SMARTS) is 2. The van der Waals surface area contributed by atoms with Crippen LogP contribution in [0.3, 0.4) is 0 Å². The molecule has 0 aliphatic rings. The molecule has 0 spiro atoms. The van der Waals surface area contributed by atoms with Crippen molar-refractivity contribution < 1.29 is 24.6 Å². The summed E-state index contributed by atoms with van der Waals surface area (Å²) in [4.78, 5) is 33.1. The maximum Gasteiger partial charge on any atom is 0.326 e. The van der Waals surface area contributed by atoms with Crippen LogP contribution >= 0.6 is 11.3 Å². The summed E-state index contributed by atoms with van der Waals surface area (Å²) < 4.78 is 1.07. The first-order chi connectivity index (χ1) is 9.95. The number of anilines is 1. The third-order valence-electron chi connectivity index (χ3n) is 2.69. The number of benzene rings is 1. The number of carbonyl (C=O) groups is 3. The average molecular weight is 308 g/mol. The topological polar surface area (TPSA) is 116 Å². The molecule has 0 saturated carbocycles. The van der Waals surface area contributed by atoms with Gasteiger partial charge in [-0.25, -0.2) is 9.59 Å². The smallest absolute Gasteiger partial charge is 0.326 e. The minimum Gasteiger partial charge on any atom is -0.481 e. The lowest BCUT2D eigenvalue weighted by atomic mass is 10.2. The Morgan fingerprint density at radius 3 is 2.62 bits per heavy atom. The molecule has 2 rings (SSSR count).